The third-order valence-electron chi connectivity index (χ3n) is 5.07. The zero-order chi connectivity index (χ0) is 13.9. The fourth-order valence-electron chi connectivity index (χ4n) is 3.86. The van der Waals surface area contributed by atoms with E-state index in [1.54, 1.807) is 11.1 Å². The van der Waals surface area contributed by atoms with Gasteiger partial charge in [-0.1, -0.05) is 31.2 Å². The van der Waals surface area contributed by atoms with Crippen molar-refractivity contribution in [1.82, 2.24) is 4.90 Å². The van der Waals surface area contributed by atoms with Gasteiger partial charge in [-0.3, -0.25) is 4.79 Å². The van der Waals surface area contributed by atoms with Crippen LogP contribution in [0, 0.1) is 5.92 Å². The van der Waals surface area contributed by atoms with Crippen molar-refractivity contribution in [2.24, 2.45) is 5.92 Å². The van der Waals surface area contributed by atoms with Gasteiger partial charge in [0.2, 0.25) is 0 Å². The van der Waals surface area contributed by atoms with E-state index in [1.165, 1.54) is 19.3 Å². The summed E-state index contributed by atoms with van der Waals surface area (Å²) in [7, 11) is 0. The number of aryl methyl sites for hydroxylation is 1. The number of hydrogen-bond donors (Lipinski definition) is 0. The van der Waals surface area contributed by atoms with E-state index >= 15 is 0 Å². The number of hydrogen-bond acceptors (Lipinski definition) is 2. The van der Waals surface area contributed by atoms with Crippen LogP contribution in [0.5, 0.6) is 0 Å². The summed E-state index contributed by atoms with van der Waals surface area (Å²) in [5.41, 5.74) is 3.10. The Bertz CT molecular complexity index is 482. The minimum absolute atomic E-state index is 0.280. The molecule has 0 spiro atoms. The molecule has 1 aliphatic carbocycles. The van der Waals surface area contributed by atoms with Crippen molar-refractivity contribution in [3.05, 3.63) is 35.4 Å². The largest absolute Gasteiger partial charge is 0.302 e. The van der Waals surface area contributed by atoms with E-state index in [-0.39, 0.29) is 5.92 Å². The molecule has 1 heterocycles. The number of Topliss-reactive ketones (excluding diaryl/α,β-unsaturated/α-hetero) is 1. The maximum Gasteiger partial charge on any atom is 0.138 e. The van der Waals surface area contributed by atoms with Crippen molar-refractivity contribution in [2.75, 3.05) is 19.6 Å². The number of fused-ring (bicyclic) bond motifs is 1. The van der Waals surface area contributed by atoms with E-state index in [1.807, 2.05) is 0 Å². The molecule has 1 aromatic carbocycles. The molecule has 2 heteroatoms. The molecule has 3 rings (SSSR count). The third-order valence-corrected chi connectivity index (χ3v) is 5.07. The molecule has 0 radical (unpaired) electrons. The van der Waals surface area contributed by atoms with Gasteiger partial charge < -0.3 is 4.90 Å². The zero-order valence-electron chi connectivity index (χ0n) is 12.5. The van der Waals surface area contributed by atoms with Crippen LogP contribution in [-0.4, -0.2) is 30.3 Å². The summed E-state index contributed by atoms with van der Waals surface area (Å²) in [6.07, 6.45) is 5.61. The van der Waals surface area contributed by atoms with Gasteiger partial charge in [0.15, 0.2) is 0 Å². The van der Waals surface area contributed by atoms with Gasteiger partial charge in [-0.2, -0.15) is 0 Å². The maximum atomic E-state index is 11.8. The number of likely N-dealkylation sites (tertiary alicyclic amines) is 1. The predicted octanol–water partition coefficient (Wildman–Crippen LogP) is 3.41. The van der Waals surface area contributed by atoms with Crippen molar-refractivity contribution in [2.45, 2.75) is 44.9 Å². The minimum atomic E-state index is 0.280. The number of carbonyl (C=O) groups excluding carboxylic acids is 1. The molecule has 0 saturated carbocycles. The monoisotopic (exact) mass is 271 g/mol. The number of rotatable bonds is 3. The molecule has 2 unspecified atom stereocenters. The van der Waals surface area contributed by atoms with Crippen LogP contribution in [-0.2, 0) is 11.2 Å². The smallest absolute Gasteiger partial charge is 0.138 e. The number of nitrogens with zero attached hydrogens (tertiary/aromatic N) is 1. The molecule has 0 aromatic heterocycles. The van der Waals surface area contributed by atoms with Gasteiger partial charge in [0.05, 0.1) is 0 Å². The number of piperidine rings is 1. The Morgan fingerprint density at radius 1 is 1.20 bits per heavy atom. The second kappa shape index (κ2) is 6.09. The van der Waals surface area contributed by atoms with Gasteiger partial charge in [0, 0.05) is 32.0 Å². The Kier molecular flexibility index (Phi) is 4.21. The van der Waals surface area contributed by atoms with Crippen molar-refractivity contribution in [1.29, 1.82) is 0 Å². The lowest BCUT2D eigenvalue weighted by Gasteiger charge is -2.35. The average molecular weight is 271 g/mol. The molecule has 1 aliphatic heterocycles. The quantitative estimate of drug-likeness (QED) is 0.839. The molecular formula is C18H25NO. The number of carbonyl (C=O) groups is 1. The Labute approximate surface area is 122 Å². The molecule has 1 aromatic rings. The summed E-state index contributed by atoms with van der Waals surface area (Å²) in [6.45, 7) is 5.23. The molecular weight excluding hydrogens is 246 g/mol. The van der Waals surface area contributed by atoms with Gasteiger partial charge in [-0.25, -0.2) is 0 Å². The van der Waals surface area contributed by atoms with E-state index in [0.29, 0.717) is 11.7 Å². The molecule has 2 atom stereocenters. The highest BCUT2D eigenvalue weighted by Gasteiger charge is 2.28. The second-order valence-electron chi connectivity index (χ2n) is 6.37. The standard InChI is InChI=1S/C18H25NO/c1-2-14-12-19(11-10-18(14)20)13-16-8-5-7-15-6-3-4-9-17(15)16/h3-4,6,9,14,16H,2,5,7-8,10-13H2,1H3. The summed E-state index contributed by atoms with van der Waals surface area (Å²) in [6, 6.07) is 8.93. The zero-order valence-corrected chi connectivity index (χ0v) is 12.5. The lowest BCUT2D eigenvalue weighted by atomic mass is 9.82. The maximum absolute atomic E-state index is 11.8. The van der Waals surface area contributed by atoms with Gasteiger partial charge in [0.1, 0.15) is 5.78 Å². The molecule has 2 aliphatic rings. The molecule has 2 nitrogen and oxygen atoms in total. The van der Waals surface area contributed by atoms with Crippen LogP contribution in [0.25, 0.3) is 0 Å². The van der Waals surface area contributed by atoms with E-state index in [0.717, 1.165) is 32.5 Å². The molecule has 20 heavy (non-hydrogen) atoms. The molecule has 108 valence electrons. The third kappa shape index (κ3) is 2.80. The molecule has 1 fully saturated rings. The molecule has 1 saturated heterocycles. The predicted molar refractivity (Wildman–Crippen MR) is 82.0 cm³/mol. The van der Waals surface area contributed by atoms with Crippen molar-refractivity contribution < 1.29 is 4.79 Å². The van der Waals surface area contributed by atoms with Crippen LogP contribution in [0.4, 0.5) is 0 Å². The first-order valence-electron chi connectivity index (χ1n) is 8.10. The normalized spacial score (nSPS) is 27.4. The van der Waals surface area contributed by atoms with Gasteiger partial charge >= 0.3 is 0 Å². The van der Waals surface area contributed by atoms with Crippen molar-refractivity contribution >= 4 is 5.78 Å². The topological polar surface area (TPSA) is 20.3 Å². The lowest BCUT2D eigenvalue weighted by molar-refractivity contribution is -0.126. The van der Waals surface area contributed by atoms with Gasteiger partial charge in [0.25, 0.3) is 0 Å². The average Bonchev–Trinajstić information content (AvgIpc) is 2.49. The van der Waals surface area contributed by atoms with Crippen LogP contribution in [0.15, 0.2) is 24.3 Å². The Balaban J connectivity index is 1.68. The highest BCUT2D eigenvalue weighted by Crippen LogP contribution is 2.32. The van der Waals surface area contributed by atoms with Crippen LogP contribution in [0.3, 0.4) is 0 Å². The first-order valence-corrected chi connectivity index (χ1v) is 8.10. The number of benzene rings is 1. The van der Waals surface area contributed by atoms with E-state index < -0.39 is 0 Å². The molecule has 0 bridgehead atoms. The lowest BCUT2D eigenvalue weighted by Crippen LogP contribution is -2.42. The number of ketones is 1. The summed E-state index contributed by atoms with van der Waals surface area (Å²) in [5, 5.41) is 0. The van der Waals surface area contributed by atoms with Crippen LogP contribution in [0.2, 0.25) is 0 Å². The van der Waals surface area contributed by atoms with E-state index in [2.05, 4.69) is 36.1 Å². The van der Waals surface area contributed by atoms with E-state index in [4.69, 9.17) is 0 Å². The molecule has 0 amide bonds. The van der Waals surface area contributed by atoms with Crippen molar-refractivity contribution in [3.8, 4) is 0 Å². The van der Waals surface area contributed by atoms with Crippen molar-refractivity contribution in [3.63, 3.8) is 0 Å². The van der Waals surface area contributed by atoms with Crippen LogP contribution >= 0.6 is 0 Å². The fourth-order valence-corrected chi connectivity index (χ4v) is 3.86. The van der Waals surface area contributed by atoms with Gasteiger partial charge in [-0.15, -0.1) is 0 Å². The highest BCUT2D eigenvalue weighted by molar-refractivity contribution is 5.82. The summed E-state index contributed by atoms with van der Waals surface area (Å²) >= 11 is 0. The Morgan fingerprint density at radius 3 is 2.90 bits per heavy atom. The van der Waals surface area contributed by atoms with Crippen LogP contribution < -0.4 is 0 Å². The first-order chi connectivity index (χ1) is 9.78. The highest BCUT2D eigenvalue weighted by atomic mass is 16.1. The van der Waals surface area contributed by atoms with E-state index in [9.17, 15) is 4.79 Å². The summed E-state index contributed by atoms with van der Waals surface area (Å²) < 4.78 is 0. The van der Waals surface area contributed by atoms with Gasteiger partial charge in [-0.05, 0) is 42.7 Å². The SMILES string of the molecule is CCC1CN(CC2CCCc3ccccc32)CCC1=O. The summed E-state index contributed by atoms with van der Waals surface area (Å²) in [5.74, 6) is 1.43. The van der Waals surface area contributed by atoms with Crippen LogP contribution in [0.1, 0.15) is 49.7 Å². The second-order valence-corrected chi connectivity index (χ2v) is 6.37. The fraction of sp³-hybridized carbons (Fsp3) is 0.611. The Morgan fingerprint density at radius 2 is 2.05 bits per heavy atom. The molecule has 0 N–H and O–H groups in total. The first kappa shape index (κ1) is 13.8. The minimum Gasteiger partial charge on any atom is -0.302 e. The Hall–Kier alpha value is -1.15. The summed E-state index contributed by atoms with van der Waals surface area (Å²) in [4.78, 5) is 14.4.